The van der Waals surface area contributed by atoms with Crippen molar-refractivity contribution in [3.63, 3.8) is 0 Å². The first-order chi connectivity index (χ1) is 18.0. The zero-order valence-electron chi connectivity index (χ0n) is 20.7. The number of anilines is 1. The number of aryl methyl sites for hydroxylation is 2. The van der Waals surface area contributed by atoms with Crippen LogP contribution in [0.5, 0.6) is 11.5 Å². The van der Waals surface area contributed by atoms with Crippen molar-refractivity contribution in [2.75, 3.05) is 18.2 Å². The average molecular weight is 511 g/mol. The number of ketones is 1. The number of nitrogens with zero attached hydrogens (tertiary/aromatic N) is 2. The number of ether oxygens (including phenoxy) is 2. The van der Waals surface area contributed by atoms with Crippen molar-refractivity contribution in [2.24, 2.45) is 0 Å². The standard InChI is InChI=1S/C30H26N2O4S/c1-18-5-3-4-6-24(18)30(34)32-12-11-21-15-22(8-9-25(21)32)29-19(2)37-28(31-29)16-23(33)13-20-7-10-26-27(14-20)36-17-35-26/h3-10,14-15H,11-13,16-17H2,1-2H3. The summed E-state index contributed by atoms with van der Waals surface area (Å²) in [6.07, 6.45) is 1.43. The lowest BCUT2D eigenvalue weighted by atomic mass is 10.0. The second kappa shape index (κ2) is 9.48. The van der Waals surface area contributed by atoms with Gasteiger partial charge in [0.25, 0.3) is 5.91 Å². The lowest BCUT2D eigenvalue weighted by Gasteiger charge is -2.18. The van der Waals surface area contributed by atoms with Gasteiger partial charge in [-0.25, -0.2) is 4.98 Å². The molecular formula is C30H26N2O4S. The molecule has 2 aliphatic rings. The van der Waals surface area contributed by atoms with Crippen LogP contribution in [0.3, 0.4) is 0 Å². The van der Waals surface area contributed by atoms with Crippen molar-refractivity contribution in [3.8, 4) is 22.8 Å². The lowest BCUT2D eigenvalue weighted by Crippen LogP contribution is -2.29. The number of Topliss-reactive ketones (excluding diaryl/α,β-unsaturated/α-hetero) is 1. The molecule has 6 rings (SSSR count). The van der Waals surface area contributed by atoms with E-state index >= 15 is 0 Å². The van der Waals surface area contributed by atoms with E-state index in [0.717, 1.165) is 55.5 Å². The Morgan fingerprint density at radius 2 is 1.81 bits per heavy atom. The second-order valence-electron chi connectivity index (χ2n) is 9.46. The molecule has 0 fully saturated rings. The molecular weight excluding hydrogens is 484 g/mol. The molecule has 1 aromatic heterocycles. The number of rotatable bonds is 6. The molecule has 0 radical (unpaired) electrons. The molecule has 186 valence electrons. The molecule has 3 heterocycles. The molecule has 0 saturated carbocycles. The molecule has 0 bridgehead atoms. The summed E-state index contributed by atoms with van der Waals surface area (Å²) in [6.45, 7) is 4.90. The van der Waals surface area contributed by atoms with E-state index < -0.39 is 0 Å². The Labute approximate surface area is 219 Å². The van der Waals surface area contributed by atoms with E-state index in [4.69, 9.17) is 14.5 Å². The third-order valence-corrected chi connectivity index (χ3v) is 7.87. The predicted molar refractivity (Wildman–Crippen MR) is 144 cm³/mol. The van der Waals surface area contributed by atoms with Gasteiger partial charge in [0, 0.05) is 34.7 Å². The molecule has 3 aromatic carbocycles. The number of fused-ring (bicyclic) bond motifs is 2. The van der Waals surface area contributed by atoms with Crippen LogP contribution < -0.4 is 14.4 Å². The first-order valence-electron chi connectivity index (χ1n) is 12.3. The smallest absolute Gasteiger partial charge is 0.258 e. The predicted octanol–water partition coefficient (Wildman–Crippen LogP) is 5.71. The van der Waals surface area contributed by atoms with E-state index in [0.29, 0.717) is 30.9 Å². The van der Waals surface area contributed by atoms with Gasteiger partial charge in [-0.3, -0.25) is 9.59 Å². The van der Waals surface area contributed by atoms with E-state index in [2.05, 4.69) is 6.07 Å². The van der Waals surface area contributed by atoms with Gasteiger partial charge in [0.2, 0.25) is 6.79 Å². The molecule has 0 aliphatic carbocycles. The Kier molecular flexibility index (Phi) is 6.00. The van der Waals surface area contributed by atoms with Crippen molar-refractivity contribution >= 4 is 28.7 Å². The van der Waals surface area contributed by atoms with E-state index in [1.165, 1.54) is 0 Å². The van der Waals surface area contributed by atoms with Crippen molar-refractivity contribution in [1.29, 1.82) is 0 Å². The van der Waals surface area contributed by atoms with Crippen LogP contribution >= 0.6 is 11.3 Å². The zero-order valence-corrected chi connectivity index (χ0v) is 21.6. The average Bonchev–Trinajstić information content (AvgIpc) is 3.61. The summed E-state index contributed by atoms with van der Waals surface area (Å²) in [5, 5.41) is 0.815. The van der Waals surface area contributed by atoms with Gasteiger partial charge in [-0.1, -0.05) is 30.3 Å². The Balaban J connectivity index is 1.17. The fraction of sp³-hybridized carbons (Fsp3) is 0.233. The minimum Gasteiger partial charge on any atom is -0.454 e. The van der Waals surface area contributed by atoms with Crippen LogP contribution in [0.1, 0.15) is 36.9 Å². The van der Waals surface area contributed by atoms with Crippen molar-refractivity contribution < 1.29 is 19.1 Å². The van der Waals surface area contributed by atoms with Gasteiger partial charge in [-0.2, -0.15) is 0 Å². The summed E-state index contributed by atoms with van der Waals surface area (Å²) < 4.78 is 10.8. The monoisotopic (exact) mass is 510 g/mol. The van der Waals surface area contributed by atoms with Crippen LogP contribution in [0, 0.1) is 13.8 Å². The highest BCUT2D eigenvalue weighted by Gasteiger charge is 2.27. The molecule has 4 aromatic rings. The summed E-state index contributed by atoms with van der Waals surface area (Å²) in [6, 6.07) is 19.5. The number of thiazole rings is 1. The van der Waals surface area contributed by atoms with Crippen molar-refractivity contribution in [3.05, 3.63) is 92.8 Å². The Bertz CT molecular complexity index is 1540. The molecule has 0 unspecified atom stereocenters. The Morgan fingerprint density at radius 1 is 0.973 bits per heavy atom. The number of benzene rings is 3. The topological polar surface area (TPSA) is 68.7 Å². The minimum atomic E-state index is 0.0395. The summed E-state index contributed by atoms with van der Waals surface area (Å²) in [7, 11) is 0. The maximum absolute atomic E-state index is 13.2. The molecule has 0 atom stereocenters. The SMILES string of the molecule is Cc1ccccc1C(=O)N1CCc2cc(-c3nc(CC(=O)Cc4ccc5c(c4)OCO5)sc3C)ccc21. The maximum atomic E-state index is 13.2. The van der Waals surface area contributed by atoms with Crippen molar-refractivity contribution in [2.45, 2.75) is 33.1 Å². The zero-order chi connectivity index (χ0) is 25.5. The summed E-state index contributed by atoms with van der Waals surface area (Å²) in [4.78, 5) is 33.8. The molecule has 0 saturated heterocycles. The number of aromatic nitrogens is 1. The highest BCUT2D eigenvalue weighted by atomic mass is 32.1. The first kappa shape index (κ1) is 23.4. The van der Waals surface area contributed by atoms with Gasteiger partial charge in [0.15, 0.2) is 11.5 Å². The number of hydrogen-bond donors (Lipinski definition) is 0. The highest BCUT2D eigenvalue weighted by Crippen LogP contribution is 2.36. The quantitative estimate of drug-likeness (QED) is 0.332. The van der Waals surface area contributed by atoms with Gasteiger partial charge in [-0.05, 0) is 67.3 Å². The normalized spacial score (nSPS) is 13.6. The number of carbonyl (C=O) groups excluding carboxylic acids is 2. The maximum Gasteiger partial charge on any atom is 0.258 e. The van der Waals surface area contributed by atoms with Crippen LogP contribution in [0.25, 0.3) is 11.3 Å². The first-order valence-corrected chi connectivity index (χ1v) is 13.2. The van der Waals surface area contributed by atoms with E-state index in [1.54, 1.807) is 11.3 Å². The van der Waals surface area contributed by atoms with Crippen LogP contribution in [0.15, 0.2) is 60.7 Å². The Hall–Kier alpha value is -3.97. The summed E-state index contributed by atoms with van der Waals surface area (Å²) in [5.41, 5.74) is 6.66. The molecule has 6 nitrogen and oxygen atoms in total. The van der Waals surface area contributed by atoms with Crippen LogP contribution in [0.2, 0.25) is 0 Å². The summed E-state index contributed by atoms with van der Waals surface area (Å²) >= 11 is 1.56. The third-order valence-electron chi connectivity index (χ3n) is 6.90. The molecule has 0 N–H and O–H groups in total. The Morgan fingerprint density at radius 3 is 2.68 bits per heavy atom. The largest absolute Gasteiger partial charge is 0.454 e. The van der Waals surface area contributed by atoms with Crippen LogP contribution in [-0.4, -0.2) is 30.0 Å². The van der Waals surface area contributed by atoms with Crippen LogP contribution in [0.4, 0.5) is 5.69 Å². The molecule has 1 amide bonds. The summed E-state index contributed by atoms with van der Waals surface area (Å²) in [5.74, 6) is 1.55. The van der Waals surface area contributed by atoms with Gasteiger partial charge < -0.3 is 14.4 Å². The fourth-order valence-electron chi connectivity index (χ4n) is 5.02. The number of carbonyl (C=O) groups is 2. The van der Waals surface area contributed by atoms with Crippen LogP contribution in [-0.2, 0) is 24.1 Å². The molecule has 2 aliphatic heterocycles. The lowest BCUT2D eigenvalue weighted by molar-refractivity contribution is -0.117. The highest BCUT2D eigenvalue weighted by molar-refractivity contribution is 7.12. The van der Waals surface area contributed by atoms with Gasteiger partial charge in [0.1, 0.15) is 10.8 Å². The fourth-order valence-corrected chi connectivity index (χ4v) is 6.01. The number of hydrogen-bond acceptors (Lipinski definition) is 6. The second-order valence-corrected chi connectivity index (χ2v) is 10.7. The third kappa shape index (κ3) is 4.51. The van der Waals surface area contributed by atoms with E-state index in [-0.39, 0.29) is 18.5 Å². The minimum absolute atomic E-state index is 0.0395. The van der Waals surface area contributed by atoms with Gasteiger partial charge in [0.05, 0.1) is 12.1 Å². The molecule has 7 heteroatoms. The number of amides is 1. The van der Waals surface area contributed by atoms with Crippen molar-refractivity contribution in [1.82, 2.24) is 4.98 Å². The molecule has 37 heavy (non-hydrogen) atoms. The van der Waals surface area contributed by atoms with E-state index in [9.17, 15) is 9.59 Å². The van der Waals surface area contributed by atoms with Gasteiger partial charge in [-0.15, -0.1) is 11.3 Å². The van der Waals surface area contributed by atoms with E-state index in [1.807, 2.05) is 73.3 Å². The van der Waals surface area contributed by atoms with Gasteiger partial charge >= 0.3 is 0 Å². The molecule has 0 spiro atoms.